The van der Waals surface area contributed by atoms with E-state index in [-0.39, 0.29) is 11.9 Å². The summed E-state index contributed by atoms with van der Waals surface area (Å²) in [5, 5.41) is 6.02. The van der Waals surface area contributed by atoms with Gasteiger partial charge >= 0.3 is 0 Å². The summed E-state index contributed by atoms with van der Waals surface area (Å²) in [6.45, 7) is 7.17. The Balaban J connectivity index is 2.55. The molecule has 1 rings (SSSR count). The van der Waals surface area contributed by atoms with Crippen LogP contribution in [0.1, 0.15) is 27.2 Å². The Morgan fingerprint density at radius 2 is 2.17 bits per heavy atom. The number of amides is 1. The number of benzene rings is 1. The molecule has 0 saturated heterocycles. The van der Waals surface area contributed by atoms with Crippen LogP contribution in [-0.2, 0) is 4.79 Å². The fourth-order valence-corrected chi connectivity index (χ4v) is 1.56. The molecule has 2 N–H and O–H groups in total. The first-order valence-electron chi connectivity index (χ1n) is 6.44. The van der Waals surface area contributed by atoms with Crippen molar-refractivity contribution in [3.05, 3.63) is 24.3 Å². The van der Waals surface area contributed by atoms with E-state index in [9.17, 15) is 4.79 Å². The van der Waals surface area contributed by atoms with E-state index in [2.05, 4.69) is 10.6 Å². The SMILES string of the molecule is CCCNC(=O)C(C)Nc1cccc(OCC)c1. The van der Waals surface area contributed by atoms with E-state index >= 15 is 0 Å². The molecular formula is C14H22N2O2. The molecule has 0 fully saturated rings. The van der Waals surface area contributed by atoms with Crippen molar-refractivity contribution in [3.63, 3.8) is 0 Å². The maximum Gasteiger partial charge on any atom is 0.242 e. The Labute approximate surface area is 109 Å². The number of hydrogen-bond acceptors (Lipinski definition) is 3. The van der Waals surface area contributed by atoms with Crippen LogP contribution < -0.4 is 15.4 Å². The molecule has 0 aromatic heterocycles. The highest BCUT2D eigenvalue weighted by Gasteiger charge is 2.11. The normalized spacial score (nSPS) is 11.7. The molecule has 0 aliphatic heterocycles. The monoisotopic (exact) mass is 250 g/mol. The maximum absolute atomic E-state index is 11.7. The van der Waals surface area contributed by atoms with E-state index in [4.69, 9.17) is 4.74 Å². The molecule has 0 saturated carbocycles. The largest absolute Gasteiger partial charge is 0.494 e. The standard InChI is InChI=1S/C14H22N2O2/c1-4-9-15-14(17)11(3)16-12-7-6-8-13(10-12)18-5-2/h6-8,10-11,16H,4-5,9H2,1-3H3,(H,15,17). The van der Waals surface area contributed by atoms with Gasteiger partial charge in [0.05, 0.1) is 6.61 Å². The van der Waals surface area contributed by atoms with Gasteiger partial charge < -0.3 is 15.4 Å². The third-order valence-electron chi connectivity index (χ3n) is 2.47. The molecule has 0 aliphatic rings. The number of rotatable bonds is 7. The molecule has 0 bridgehead atoms. The van der Waals surface area contributed by atoms with Gasteiger partial charge in [0.25, 0.3) is 0 Å². The van der Waals surface area contributed by atoms with E-state index < -0.39 is 0 Å². The summed E-state index contributed by atoms with van der Waals surface area (Å²) < 4.78 is 5.41. The van der Waals surface area contributed by atoms with Gasteiger partial charge in [0.1, 0.15) is 11.8 Å². The zero-order valence-electron chi connectivity index (χ0n) is 11.3. The van der Waals surface area contributed by atoms with Gasteiger partial charge in [-0.05, 0) is 32.4 Å². The predicted molar refractivity (Wildman–Crippen MR) is 74.0 cm³/mol. The van der Waals surface area contributed by atoms with Crippen LogP contribution in [0.5, 0.6) is 5.75 Å². The number of nitrogens with one attached hydrogen (secondary N) is 2. The summed E-state index contributed by atoms with van der Waals surface area (Å²) in [5.74, 6) is 0.822. The smallest absolute Gasteiger partial charge is 0.242 e. The lowest BCUT2D eigenvalue weighted by Gasteiger charge is -2.15. The summed E-state index contributed by atoms with van der Waals surface area (Å²) >= 11 is 0. The zero-order chi connectivity index (χ0) is 13.4. The van der Waals surface area contributed by atoms with Gasteiger partial charge in [-0.3, -0.25) is 4.79 Å². The van der Waals surface area contributed by atoms with E-state index in [0.717, 1.165) is 17.9 Å². The van der Waals surface area contributed by atoms with Crippen LogP contribution in [0.3, 0.4) is 0 Å². The van der Waals surface area contributed by atoms with Crippen molar-refractivity contribution in [2.24, 2.45) is 0 Å². The molecule has 1 aromatic rings. The van der Waals surface area contributed by atoms with Gasteiger partial charge in [0, 0.05) is 18.3 Å². The first kappa shape index (κ1) is 14.4. The van der Waals surface area contributed by atoms with Crippen LogP contribution >= 0.6 is 0 Å². The molecule has 0 spiro atoms. The summed E-state index contributed by atoms with van der Waals surface area (Å²) in [6.07, 6.45) is 0.943. The number of hydrogen-bond donors (Lipinski definition) is 2. The Hall–Kier alpha value is -1.71. The summed E-state index contributed by atoms with van der Waals surface area (Å²) in [6, 6.07) is 7.37. The second kappa shape index (κ2) is 7.58. The number of carbonyl (C=O) groups is 1. The van der Waals surface area contributed by atoms with E-state index in [1.54, 1.807) is 0 Å². The highest BCUT2D eigenvalue weighted by Crippen LogP contribution is 2.17. The molecule has 0 radical (unpaired) electrons. The van der Waals surface area contributed by atoms with Crippen molar-refractivity contribution in [1.82, 2.24) is 5.32 Å². The van der Waals surface area contributed by atoms with Crippen molar-refractivity contribution in [1.29, 1.82) is 0 Å². The van der Waals surface area contributed by atoms with Gasteiger partial charge in [-0.25, -0.2) is 0 Å². The van der Waals surface area contributed by atoms with Gasteiger partial charge in [0.2, 0.25) is 5.91 Å². The average molecular weight is 250 g/mol. The lowest BCUT2D eigenvalue weighted by Crippen LogP contribution is -2.37. The third-order valence-corrected chi connectivity index (χ3v) is 2.47. The maximum atomic E-state index is 11.7. The molecular weight excluding hydrogens is 228 g/mol. The molecule has 0 heterocycles. The molecule has 4 heteroatoms. The lowest BCUT2D eigenvalue weighted by molar-refractivity contribution is -0.121. The molecule has 1 aromatic carbocycles. The van der Waals surface area contributed by atoms with Gasteiger partial charge in [-0.2, -0.15) is 0 Å². The first-order chi connectivity index (χ1) is 8.67. The van der Waals surface area contributed by atoms with Crippen LogP contribution in [0, 0.1) is 0 Å². The molecule has 1 amide bonds. The minimum atomic E-state index is -0.256. The Bertz CT molecular complexity index is 380. The first-order valence-corrected chi connectivity index (χ1v) is 6.44. The molecule has 4 nitrogen and oxygen atoms in total. The fourth-order valence-electron chi connectivity index (χ4n) is 1.56. The van der Waals surface area contributed by atoms with E-state index in [1.165, 1.54) is 0 Å². The predicted octanol–water partition coefficient (Wildman–Crippen LogP) is 2.41. The average Bonchev–Trinajstić information content (AvgIpc) is 2.36. The third kappa shape index (κ3) is 4.65. The highest BCUT2D eigenvalue weighted by atomic mass is 16.5. The number of carbonyl (C=O) groups excluding carboxylic acids is 1. The van der Waals surface area contributed by atoms with Crippen LogP contribution in [-0.4, -0.2) is 25.1 Å². The molecule has 18 heavy (non-hydrogen) atoms. The van der Waals surface area contributed by atoms with Gasteiger partial charge in [-0.1, -0.05) is 13.0 Å². The second-order valence-electron chi connectivity index (χ2n) is 4.12. The van der Waals surface area contributed by atoms with Gasteiger partial charge in [-0.15, -0.1) is 0 Å². The minimum Gasteiger partial charge on any atom is -0.494 e. The van der Waals surface area contributed by atoms with E-state index in [1.807, 2.05) is 45.0 Å². The summed E-state index contributed by atoms with van der Waals surface area (Å²) in [7, 11) is 0. The number of anilines is 1. The summed E-state index contributed by atoms with van der Waals surface area (Å²) in [4.78, 5) is 11.7. The van der Waals surface area contributed by atoms with Crippen LogP contribution in [0.25, 0.3) is 0 Å². The molecule has 1 atom stereocenters. The fraction of sp³-hybridized carbons (Fsp3) is 0.500. The molecule has 0 aliphatic carbocycles. The topological polar surface area (TPSA) is 50.4 Å². The van der Waals surface area contributed by atoms with E-state index in [0.29, 0.717) is 13.2 Å². The lowest BCUT2D eigenvalue weighted by atomic mass is 10.2. The number of ether oxygens (including phenoxy) is 1. The van der Waals surface area contributed by atoms with Crippen LogP contribution in [0.4, 0.5) is 5.69 Å². The Morgan fingerprint density at radius 1 is 1.39 bits per heavy atom. The summed E-state index contributed by atoms with van der Waals surface area (Å²) in [5.41, 5.74) is 0.889. The van der Waals surface area contributed by atoms with Crippen LogP contribution in [0.2, 0.25) is 0 Å². The minimum absolute atomic E-state index is 0.0127. The van der Waals surface area contributed by atoms with Crippen molar-refractivity contribution in [2.45, 2.75) is 33.2 Å². The van der Waals surface area contributed by atoms with Crippen molar-refractivity contribution < 1.29 is 9.53 Å². The highest BCUT2D eigenvalue weighted by molar-refractivity contribution is 5.84. The molecule has 100 valence electrons. The quantitative estimate of drug-likeness (QED) is 0.781. The van der Waals surface area contributed by atoms with Gasteiger partial charge in [0.15, 0.2) is 0 Å². The van der Waals surface area contributed by atoms with Crippen LogP contribution in [0.15, 0.2) is 24.3 Å². The second-order valence-corrected chi connectivity index (χ2v) is 4.12. The van der Waals surface area contributed by atoms with Crippen molar-refractivity contribution in [2.75, 3.05) is 18.5 Å². The Morgan fingerprint density at radius 3 is 2.83 bits per heavy atom. The molecule has 1 unspecified atom stereocenters. The van der Waals surface area contributed by atoms with Crippen molar-refractivity contribution >= 4 is 11.6 Å². The van der Waals surface area contributed by atoms with Crippen molar-refractivity contribution in [3.8, 4) is 5.75 Å². The zero-order valence-corrected chi connectivity index (χ0v) is 11.3. The Kier molecular flexibility index (Phi) is 6.05.